The van der Waals surface area contributed by atoms with Crippen molar-refractivity contribution in [2.45, 2.75) is 57.8 Å². The molecule has 0 bridgehead atoms. The molecule has 1 aliphatic heterocycles. The van der Waals surface area contributed by atoms with Gasteiger partial charge in [-0.3, -0.25) is 9.59 Å². The zero-order valence-electron chi connectivity index (χ0n) is 28.1. The predicted molar refractivity (Wildman–Crippen MR) is 187 cm³/mol. The lowest BCUT2D eigenvalue weighted by molar-refractivity contribution is -0.137. The van der Waals surface area contributed by atoms with Gasteiger partial charge in [-0.2, -0.15) is 18.2 Å². The average Bonchev–Trinajstić information content (AvgIpc) is 3.65. The van der Waals surface area contributed by atoms with Crippen molar-refractivity contribution in [2.75, 3.05) is 26.2 Å². The van der Waals surface area contributed by atoms with E-state index in [0.717, 1.165) is 61.8 Å². The number of amides is 1. The molecule has 0 radical (unpaired) electrons. The number of aromatic nitrogens is 2. The van der Waals surface area contributed by atoms with Crippen LogP contribution < -0.4 is 5.56 Å². The number of alkyl halides is 3. The molecule has 1 fully saturated rings. The van der Waals surface area contributed by atoms with Gasteiger partial charge in [0.15, 0.2) is 11.6 Å². The summed E-state index contributed by atoms with van der Waals surface area (Å²) < 4.78 is 69.3. The first-order chi connectivity index (χ1) is 24.6. The molecule has 0 atom stereocenters. The Morgan fingerprint density at radius 2 is 1.49 bits per heavy atom. The molecule has 1 saturated heterocycles. The fourth-order valence-corrected chi connectivity index (χ4v) is 6.67. The second-order valence-electron chi connectivity index (χ2n) is 13.0. The number of hydrogen-bond donors (Lipinski definition) is 0. The summed E-state index contributed by atoms with van der Waals surface area (Å²) in [6, 6.07) is 23.2. The van der Waals surface area contributed by atoms with Gasteiger partial charge in [-0.25, -0.2) is 8.78 Å². The summed E-state index contributed by atoms with van der Waals surface area (Å²) in [4.78, 5) is 35.7. The number of halogens is 5. The minimum atomic E-state index is -4.41. The first-order valence-corrected chi connectivity index (χ1v) is 17.2. The van der Waals surface area contributed by atoms with Crippen molar-refractivity contribution in [3.8, 4) is 11.1 Å². The van der Waals surface area contributed by atoms with E-state index in [2.05, 4.69) is 9.88 Å². The van der Waals surface area contributed by atoms with Gasteiger partial charge in [0.1, 0.15) is 12.4 Å². The SMILES string of the molecule is O=C(Cn1c(CCc2cccc(F)c2F)nc(=O)c2ccccc21)N(CCCCN1CCCC1)Cc1ccc(-c2ccc(C(F)(F)F)cc2)cc1. The Morgan fingerprint density at radius 1 is 0.804 bits per heavy atom. The van der Waals surface area contributed by atoms with Gasteiger partial charge in [0.25, 0.3) is 5.56 Å². The van der Waals surface area contributed by atoms with Gasteiger partial charge in [0.05, 0.1) is 16.5 Å². The second kappa shape index (κ2) is 16.0. The van der Waals surface area contributed by atoms with Gasteiger partial charge < -0.3 is 14.4 Å². The van der Waals surface area contributed by atoms with E-state index in [1.807, 2.05) is 24.3 Å². The van der Waals surface area contributed by atoms with Crippen LogP contribution in [0.25, 0.3) is 22.0 Å². The first-order valence-electron chi connectivity index (χ1n) is 17.2. The number of carbonyl (C=O) groups is 1. The largest absolute Gasteiger partial charge is 0.416 e. The fourth-order valence-electron chi connectivity index (χ4n) is 6.67. The summed E-state index contributed by atoms with van der Waals surface area (Å²) in [5, 5.41) is 0.349. The molecule has 0 spiro atoms. The lowest BCUT2D eigenvalue weighted by Crippen LogP contribution is -2.36. The molecule has 6 rings (SSSR count). The van der Waals surface area contributed by atoms with Crippen molar-refractivity contribution in [3.63, 3.8) is 0 Å². The topological polar surface area (TPSA) is 58.4 Å². The highest BCUT2D eigenvalue weighted by Crippen LogP contribution is 2.31. The van der Waals surface area contributed by atoms with Gasteiger partial charge in [-0.15, -0.1) is 0 Å². The second-order valence-corrected chi connectivity index (χ2v) is 13.0. The third kappa shape index (κ3) is 8.89. The molecule has 1 amide bonds. The summed E-state index contributed by atoms with van der Waals surface area (Å²) in [6.07, 6.45) is -0.136. The van der Waals surface area contributed by atoms with Crippen molar-refractivity contribution >= 4 is 16.8 Å². The van der Waals surface area contributed by atoms with Crippen LogP contribution in [0, 0.1) is 11.6 Å². The smallest absolute Gasteiger partial charge is 0.337 e. The number of carbonyl (C=O) groups excluding carboxylic acids is 1. The van der Waals surface area contributed by atoms with Crippen molar-refractivity contribution in [2.24, 2.45) is 0 Å². The summed E-state index contributed by atoms with van der Waals surface area (Å²) in [5.41, 5.74) is 1.75. The summed E-state index contributed by atoms with van der Waals surface area (Å²) in [5.74, 6) is -1.81. The minimum Gasteiger partial charge on any atom is -0.337 e. The Morgan fingerprint density at radius 3 is 2.20 bits per heavy atom. The van der Waals surface area contributed by atoms with Gasteiger partial charge in [-0.1, -0.05) is 60.7 Å². The maximum atomic E-state index is 14.5. The summed E-state index contributed by atoms with van der Waals surface area (Å²) >= 11 is 0. The molecular weight excluding hydrogens is 663 g/mol. The van der Waals surface area contributed by atoms with E-state index in [4.69, 9.17) is 0 Å². The van der Waals surface area contributed by atoms with E-state index in [0.29, 0.717) is 35.4 Å². The number of benzene rings is 4. The number of likely N-dealkylation sites (tertiary alicyclic amines) is 1. The molecule has 0 N–H and O–H groups in total. The fraction of sp³-hybridized carbons (Fsp3) is 0.325. The van der Waals surface area contributed by atoms with E-state index in [-0.39, 0.29) is 30.9 Å². The summed E-state index contributed by atoms with van der Waals surface area (Å²) in [7, 11) is 0. The van der Waals surface area contributed by atoms with Crippen LogP contribution in [0.1, 0.15) is 48.2 Å². The molecule has 0 saturated carbocycles. The van der Waals surface area contributed by atoms with Gasteiger partial charge in [-0.05, 0) is 104 Å². The van der Waals surface area contributed by atoms with Gasteiger partial charge in [0.2, 0.25) is 5.91 Å². The zero-order valence-corrected chi connectivity index (χ0v) is 28.1. The standard InChI is InChI=1S/C40H39F5N4O2/c41-34-10-7-8-31(38(34)42)18-21-36-46-39(51)33-9-1-2-11-35(33)49(36)27-37(50)48(25-6-5-24-47-22-3-4-23-47)26-28-12-14-29(15-13-28)30-16-19-32(20-17-30)40(43,44)45/h1-2,7-17,19-20H,3-6,18,21-27H2. The normalized spacial score (nSPS) is 13.6. The van der Waals surface area contributed by atoms with E-state index in [1.54, 1.807) is 33.7 Å². The van der Waals surface area contributed by atoms with Crippen LogP contribution in [0.4, 0.5) is 22.0 Å². The molecule has 1 aromatic heterocycles. The Bertz CT molecular complexity index is 2020. The van der Waals surface area contributed by atoms with Crippen molar-refractivity contribution < 1.29 is 26.7 Å². The maximum absolute atomic E-state index is 14.5. The number of rotatable bonds is 13. The summed E-state index contributed by atoms with van der Waals surface area (Å²) in [6.45, 7) is 3.79. The van der Waals surface area contributed by atoms with E-state index in [9.17, 15) is 31.5 Å². The Hall–Kier alpha value is -4.90. The molecule has 4 aromatic carbocycles. The Labute approximate surface area is 293 Å². The van der Waals surface area contributed by atoms with Gasteiger partial charge in [0, 0.05) is 19.5 Å². The van der Waals surface area contributed by atoms with Crippen LogP contribution in [0.5, 0.6) is 0 Å². The molecule has 6 nitrogen and oxygen atoms in total. The number of aryl methyl sites for hydroxylation is 2. The first kappa shape index (κ1) is 35.9. The molecular formula is C40H39F5N4O2. The zero-order chi connectivity index (χ0) is 36.0. The maximum Gasteiger partial charge on any atom is 0.416 e. The number of fused-ring (bicyclic) bond motifs is 1. The predicted octanol–water partition coefficient (Wildman–Crippen LogP) is 8.05. The number of nitrogens with zero attached hydrogens (tertiary/aromatic N) is 4. The van der Waals surface area contributed by atoms with Crippen LogP contribution in [-0.4, -0.2) is 51.4 Å². The van der Waals surface area contributed by atoms with E-state index >= 15 is 0 Å². The average molecular weight is 703 g/mol. The molecule has 0 aliphatic carbocycles. The van der Waals surface area contributed by atoms with E-state index < -0.39 is 28.9 Å². The van der Waals surface area contributed by atoms with Crippen molar-refractivity contribution in [3.05, 3.63) is 135 Å². The van der Waals surface area contributed by atoms with Crippen LogP contribution in [0.3, 0.4) is 0 Å². The molecule has 2 heterocycles. The quantitative estimate of drug-likeness (QED) is 0.0921. The monoisotopic (exact) mass is 702 g/mol. The third-order valence-corrected chi connectivity index (χ3v) is 9.49. The number of hydrogen-bond acceptors (Lipinski definition) is 4. The molecule has 266 valence electrons. The van der Waals surface area contributed by atoms with Crippen molar-refractivity contribution in [1.82, 2.24) is 19.4 Å². The lowest BCUT2D eigenvalue weighted by atomic mass is 10.0. The van der Waals surface area contributed by atoms with Crippen LogP contribution >= 0.6 is 0 Å². The van der Waals surface area contributed by atoms with Crippen LogP contribution in [-0.2, 0) is 36.9 Å². The van der Waals surface area contributed by atoms with Crippen LogP contribution in [0.15, 0.2) is 95.8 Å². The molecule has 11 heteroatoms. The van der Waals surface area contributed by atoms with Crippen molar-refractivity contribution in [1.29, 1.82) is 0 Å². The molecule has 51 heavy (non-hydrogen) atoms. The minimum absolute atomic E-state index is 0.0774. The Kier molecular flexibility index (Phi) is 11.2. The highest BCUT2D eigenvalue weighted by molar-refractivity contribution is 5.82. The molecule has 5 aromatic rings. The highest BCUT2D eigenvalue weighted by atomic mass is 19.4. The Balaban J connectivity index is 1.24. The molecule has 1 aliphatic rings. The van der Waals surface area contributed by atoms with E-state index in [1.165, 1.54) is 37.1 Å². The third-order valence-electron chi connectivity index (χ3n) is 9.49. The molecule has 0 unspecified atom stereocenters. The number of para-hydroxylation sites is 1. The lowest BCUT2D eigenvalue weighted by Gasteiger charge is -2.25. The van der Waals surface area contributed by atoms with Crippen LogP contribution in [0.2, 0.25) is 0 Å². The highest BCUT2D eigenvalue weighted by Gasteiger charge is 2.30. The number of unbranched alkanes of at least 4 members (excludes halogenated alkanes) is 1. The van der Waals surface area contributed by atoms with Gasteiger partial charge >= 0.3 is 6.18 Å².